The third-order valence-corrected chi connectivity index (χ3v) is 2.55. The van der Waals surface area contributed by atoms with Gasteiger partial charge < -0.3 is 10.8 Å². The van der Waals surface area contributed by atoms with E-state index in [1.165, 1.54) is 0 Å². The highest BCUT2D eigenvalue weighted by atomic mass is 16.4. The zero-order valence-corrected chi connectivity index (χ0v) is 7.78. The molecule has 0 heterocycles. The van der Waals surface area contributed by atoms with Crippen molar-refractivity contribution in [3.63, 3.8) is 0 Å². The van der Waals surface area contributed by atoms with Crippen molar-refractivity contribution in [1.29, 1.82) is 0 Å². The third kappa shape index (κ3) is 3.59. The van der Waals surface area contributed by atoms with Gasteiger partial charge >= 0.3 is 5.97 Å². The van der Waals surface area contributed by atoms with Crippen LogP contribution in [0.1, 0.15) is 32.1 Å². The molecule has 74 valence electrons. The number of allylic oxidation sites excluding steroid dienone is 2. The van der Waals surface area contributed by atoms with E-state index >= 15 is 0 Å². The first-order valence-electron chi connectivity index (χ1n) is 4.83. The molecule has 0 saturated heterocycles. The summed E-state index contributed by atoms with van der Waals surface area (Å²) in [5.74, 6) is -0.390. The summed E-state index contributed by atoms with van der Waals surface area (Å²) >= 11 is 0. The molecule has 0 radical (unpaired) electrons. The van der Waals surface area contributed by atoms with Gasteiger partial charge in [-0.15, -0.1) is 0 Å². The van der Waals surface area contributed by atoms with Crippen LogP contribution in [0.4, 0.5) is 0 Å². The molecule has 3 heteroatoms. The minimum absolute atomic E-state index is 0.487. The van der Waals surface area contributed by atoms with Crippen molar-refractivity contribution in [1.82, 2.24) is 0 Å². The number of hydrogen-bond acceptors (Lipinski definition) is 2. The monoisotopic (exact) mass is 183 g/mol. The van der Waals surface area contributed by atoms with Gasteiger partial charge in [-0.05, 0) is 38.0 Å². The maximum absolute atomic E-state index is 10.5. The molecule has 1 aliphatic carbocycles. The molecule has 0 bridgehead atoms. The van der Waals surface area contributed by atoms with Crippen molar-refractivity contribution in [2.45, 2.75) is 38.1 Å². The first-order chi connectivity index (χ1) is 6.20. The summed E-state index contributed by atoms with van der Waals surface area (Å²) in [7, 11) is 0. The lowest BCUT2D eigenvalue weighted by Crippen LogP contribution is -2.32. The zero-order chi connectivity index (χ0) is 9.68. The fourth-order valence-corrected chi connectivity index (χ4v) is 1.74. The minimum Gasteiger partial charge on any atom is -0.480 e. The summed E-state index contributed by atoms with van der Waals surface area (Å²) in [6.45, 7) is 0. The molecule has 1 aliphatic rings. The van der Waals surface area contributed by atoms with Gasteiger partial charge in [0.05, 0.1) is 0 Å². The standard InChI is InChI=1S/C10H17NO2/c11-9(10(12)13)7-8-5-3-1-2-4-6-8/h1-2,8-9H,3-7,11H2,(H,12,13)/t9-/m0/s1. The van der Waals surface area contributed by atoms with Gasteiger partial charge in [0.25, 0.3) is 0 Å². The molecule has 1 atom stereocenters. The van der Waals surface area contributed by atoms with Gasteiger partial charge in [0.1, 0.15) is 6.04 Å². The Balaban J connectivity index is 2.31. The van der Waals surface area contributed by atoms with E-state index in [1.54, 1.807) is 0 Å². The zero-order valence-electron chi connectivity index (χ0n) is 7.78. The Kier molecular flexibility index (Phi) is 3.96. The first kappa shape index (κ1) is 10.3. The molecule has 0 aliphatic heterocycles. The predicted octanol–water partition coefficient (Wildman–Crippen LogP) is 1.53. The van der Waals surface area contributed by atoms with Crippen molar-refractivity contribution >= 4 is 5.97 Å². The minimum atomic E-state index is -0.878. The topological polar surface area (TPSA) is 63.3 Å². The average Bonchev–Trinajstić information content (AvgIpc) is 2.32. The Bertz CT molecular complexity index is 191. The highest BCUT2D eigenvalue weighted by molar-refractivity contribution is 5.73. The lowest BCUT2D eigenvalue weighted by molar-refractivity contribution is -0.139. The quantitative estimate of drug-likeness (QED) is 0.652. The second-order valence-corrected chi connectivity index (χ2v) is 3.67. The number of carbonyl (C=O) groups is 1. The fourth-order valence-electron chi connectivity index (χ4n) is 1.74. The Labute approximate surface area is 78.6 Å². The molecular weight excluding hydrogens is 166 g/mol. The number of nitrogens with two attached hydrogens (primary N) is 1. The Morgan fingerprint density at radius 3 is 2.46 bits per heavy atom. The Hall–Kier alpha value is -0.830. The highest BCUT2D eigenvalue weighted by Gasteiger charge is 2.18. The van der Waals surface area contributed by atoms with Gasteiger partial charge in [-0.1, -0.05) is 12.2 Å². The van der Waals surface area contributed by atoms with Gasteiger partial charge in [-0.25, -0.2) is 0 Å². The molecule has 0 aromatic rings. The molecule has 0 fully saturated rings. The average molecular weight is 183 g/mol. The van der Waals surface area contributed by atoms with Crippen molar-refractivity contribution < 1.29 is 9.90 Å². The van der Waals surface area contributed by atoms with Crippen molar-refractivity contribution in [2.75, 3.05) is 0 Å². The third-order valence-electron chi connectivity index (χ3n) is 2.55. The van der Waals surface area contributed by atoms with Crippen LogP contribution in [0.15, 0.2) is 12.2 Å². The normalized spacial score (nSPS) is 21.0. The van der Waals surface area contributed by atoms with Crippen LogP contribution in [-0.2, 0) is 4.79 Å². The summed E-state index contributed by atoms with van der Waals surface area (Å²) in [5, 5.41) is 8.64. The van der Waals surface area contributed by atoms with Crippen LogP contribution < -0.4 is 5.73 Å². The van der Waals surface area contributed by atoms with Gasteiger partial charge in [0.2, 0.25) is 0 Å². The van der Waals surface area contributed by atoms with E-state index in [1.807, 2.05) is 0 Å². The van der Waals surface area contributed by atoms with Crippen LogP contribution in [0.25, 0.3) is 0 Å². The van der Waals surface area contributed by atoms with Crippen molar-refractivity contribution in [2.24, 2.45) is 11.7 Å². The molecule has 3 N–H and O–H groups in total. The summed E-state index contributed by atoms with van der Waals surface area (Å²) in [5.41, 5.74) is 5.48. The Morgan fingerprint density at radius 2 is 2.00 bits per heavy atom. The molecule has 0 aromatic heterocycles. The van der Waals surface area contributed by atoms with Crippen molar-refractivity contribution in [3.05, 3.63) is 12.2 Å². The van der Waals surface area contributed by atoms with Gasteiger partial charge in [0.15, 0.2) is 0 Å². The van der Waals surface area contributed by atoms with E-state index in [-0.39, 0.29) is 0 Å². The van der Waals surface area contributed by atoms with E-state index in [2.05, 4.69) is 12.2 Å². The largest absolute Gasteiger partial charge is 0.480 e. The van der Waals surface area contributed by atoms with Gasteiger partial charge in [-0.2, -0.15) is 0 Å². The molecule has 3 nitrogen and oxygen atoms in total. The van der Waals surface area contributed by atoms with E-state index in [9.17, 15) is 4.79 Å². The van der Waals surface area contributed by atoms with E-state index in [0.717, 1.165) is 25.7 Å². The smallest absolute Gasteiger partial charge is 0.320 e. The molecule has 0 spiro atoms. The molecule has 13 heavy (non-hydrogen) atoms. The van der Waals surface area contributed by atoms with Crippen LogP contribution in [0, 0.1) is 5.92 Å². The second-order valence-electron chi connectivity index (χ2n) is 3.67. The Morgan fingerprint density at radius 1 is 1.46 bits per heavy atom. The number of rotatable bonds is 3. The molecule has 1 rings (SSSR count). The molecule has 0 amide bonds. The van der Waals surface area contributed by atoms with Gasteiger partial charge in [-0.3, -0.25) is 4.79 Å². The number of carboxylic acid groups (broad SMARTS) is 1. The van der Waals surface area contributed by atoms with Crippen LogP contribution in [0.2, 0.25) is 0 Å². The number of aliphatic carboxylic acids is 1. The summed E-state index contributed by atoms with van der Waals surface area (Å²) in [6, 6.07) is -0.678. The molecule has 0 saturated carbocycles. The predicted molar refractivity (Wildman–Crippen MR) is 51.3 cm³/mol. The van der Waals surface area contributed by atoms with Crippen LogP contribution >= 0.6 is 0 Å². The summed E-state index contributed by atoms with van der Waals surface area (Å²) < 4.78 is 0. The van der Waals surface area contributed by atoms with Gasteiger partial charge in [0, 0.05) is 0 Å². The van der Waals surface area contributed by atoms with E-state index in [4.69, 9.17) is 10.8 Å². The molecule has 0 unspecified atom stereocenters. The fraction of sp³-hybridized carbons (Fsp3) is 0.700. The first-order valence-corrected chi connectivity index (χ1v) is 4.83. The summed E-state index contributed by atoms with van der Waals surface area (Å²) in [6.07, 6.45) is 9.26. The summed E-state index contributed by atoms with van der Waals surface area (Å²) in [4.78, 5) is 10.5. The van der Waals surface area contributed by atoms with Crippen LogP contribution in [0.3, 0.4) is 0 Å². The maximum Gasteiger partial charge on any atom is 0.320 e. The van der Waals surface area contributed by atoms with E-state index in [0.29, 0.717) is 12.3 Å². The highest BCUT2D eigenvalue weighted by Crippen LogP contribution is 2.22. The maximum atomic E-state index is 10.5. The van der Waals surface area contributed by atoms with Crippen molar-refractivity contribution in [3.8, 4) is 0 Å². The van der Waals surface area contributed by atoms with Crippen LogP contribution in [-0.4, -0.2) is 17.1 Å². The van der Waals surface area contributed by atoms with Crippen LogP contribution in [0.5, 0.6) is 0 Å². The number of hydrogen-bond donors (Lipinski definition) is 2. The number of carboxylic acids is 1. The van der Waals surface area contributed by atoms with E-state index < -0.39 is 12.0 Å². The SMILES string of the molecule is N[C@@H](CC1CCC=CCC1)C(=O)O. The lowest BCUT2D eigenvalue weighted by Gasteiger charge is -2.15. The lowest BCUT2D eigenvalue weighted by atomic mass is 9.93. The molecular formula is C10H17NO2. The second kappa shape index (κ2) is 5.02. The molecule has 0 aromatic carbocycles.